The summed E-state index contributed by atoms with van der Waals surface area (Å²) in [5, 5.41) is 6.93. The normalized spacial score (nSPS) is 15.3. The Morgan fingerprint density at radius 1 is 1.32 bits per heavy atom. The van der Waals surface area contributed by atoms with Crippen molar-refractivity contribution in [2.45, 2.75) is 39.2 Å². The SMILES string of the molecule is Cc1nc(CNC(=O)CCC2CCNCC2)oc1-c1ccc(Cl)cc1. The molecule has 134 valence electrons. The van der Waals surface area contributed by atoms with Crippen LogP contribution in [0.15, 0.2) is 28.7 Å². The van der Waals surface area contributed by atoms with E-state index >= 15 is 0 Å². The minimum absolute atomic E-state index is 0.0578. The van der Waals surface area contributed by atoms with Gasteiger partial charge in [-0.15, -0.1) is 0 Å². The number of aromatic nitrogens is 1. The first-order chi connectivity index (χ1) is 12.1. The maximum atomic E-state index is 12.0. The van der Waals surface area contributed by atoms with Crippen LogP contribution in [0, 0.1) is 12.8 Å². The summed E-state index contributed by atoms with van der Waals surface area (Å²) in [6.07, 6.45) is 3.84. The first-order valence-electron chi connectivity index (χ1n) is 8.81. The molecule has 1 fully saturated rings. The van der Waals surface area contributed by atoms with Gasteiger partial charge < -0.3 is 15.1 Å². The standard InChI is InChI=1S/C19H24ClN3O2/c1-13-19(15-3-5-16(20)6-4-15)25-18(23-13)12-22-17(24)7-2-14-8-10-21-11-9-14/h3-6,14,21H,2,7-12H2,1H3,(H,22,24). The van der Waals surface area contributed by atoms with Crippen molar-refractivity contribution in [2.24, 2.45) is 5.92 Å². The molecule has 1 saturated heterocycles. The Bertz CT molecular complexity index is 706. The Balaban J connectivity index is 1.50. The van der Waals surface area contributed by atoms with E-state index in [1.807, 2.05) is 31.2 Å². The molecule has 0 radical (unpaired) electrons. The van der Waals surface area contributed by atoms with Crippen LogP contribution in [0.4, 0.5) is 0 Å². The van der Waals surface area contributed by atoms with Gasteiger partial charge in [0.1, 0.15) is 0 Å². The van der Waals surface area contributed by atoms with E-state index in [2.05, 4.69) is 15.6 Å². The molecule has 1 aliphatic rings. The predicted octanol–water partition coefficient (Wildman–Crippen LogP) is 3.70. The maximum Gasteiger partial charge on any atom is 0.220 e. The second-order valence-electron chi connectivity index (χ2n) is 6.54. The molecular weight excluding hydrogens is 338 g/mol. The number of carbonyl (C=O) groups is 1. The number of hydrogen-bond acceptors (Lipinski definition) is 4. The molecule has 1 amide bonds. The van der Waals surface area contributed by atoms with Crippen LogP contribution in [0.5, 0.6) is 0 Å². The number of halogens is 1. The largest absolute Gasteiger partial charge is 0.438 e. The lowest BCUT2D eigenvalue weighted by atomic mass is 9.93. The third kappa shape index (κ3) is 5.06. The summed E-state index contributed by atoms with van der Waals surface area (Å²) in [7, 11) is 0. The molecule has 0 bridgehead atoms. The Morgan fingerprint density at radius 3 is 2.76 bits per heavy atom. The molecule has 1 aromatic heterocycles. The number of piperidine rings is 1. The highest BCUT2D eigenvalue weighted by molar-refractivity contribution is 6.30. The number of carbonyl (C=O) groups excluding carboxylic acids is 1. The average Bonchev–Trinajstić information content (AvgIpc) is 3.00. The molecule has 6 heteroatoms. The summed E-state index contributed by atoms with van der Waals surface area (Å²) in [5.74, 6) is 1.96. The lowest BCUT2D eigenvalue weighted by Crippen LogP contribution is -2.29. The van der Waals surface area contributed by atoms with E-state index in [0.29, 0.717) is 29.8 Å². The number of oxazole rings is 1. The van der Waals surface area contributed by atoms with E-state index < -0.39 is 0 Å². The van der Waals surface area contributed by atoms with Crippen molar-refractivity contribution >= 4 is 17.5 Å². The van der Waals surface area contributed by atoms with Gasteiger partial charge in [0.05, 0.1) is 12.2 Å². The summed E-state index contributed by atoms with van der Waals surface area (Å²) >= 11 is 5.92. The number of nitrogens with zero attached hydrogens (tertiary/aromatic N) is 1. The molecule has 2 N–H and O–H groups in total. The zero-order valence-electron chi connectivity index (χ0n) is 14.5. The van der Waals surface area contributed by atoms with Gasteiger partial charge in [-0.05, 0) is 69.5 Å². The molecule has 2 aromatic rings. The van der Waals surface area contributed by atoms with Crippen LogP contribution in [0.25, 0.3) is 11.3 Å². The monoisotopic (exact) mass is 361 g/mol. The number of rotatable bonds is 6. The highest BCUT2D eigenvalue weighted by Gasteiger charge is 2.16. The fraction of sp³-hybridized carbons (Fsp3) is 0.474. The van der Waals surface area contributed by atoms with Crippen LogP contribution in [0.2, 0.25) is 5.02 Å². The quantitative estimate of drug-likeness (QED) is 0.823. The number of benzene rings is 1. The Labute approximate surface area is 153 Å². The van der Waals surface area contributed by atoms with Gasteiger partial charge in [0, 0.05) is 17.0 Å². The van der Waals surface area contributed by atoms with Gasteiger partial charge in [0.2, 0.25) is 11.8 Å². The molecule has 25 heavy (non-hydrogen) atoms. The van der Waals surface area contributed by atoms with E-state index in [9.17, 15) is 4.79 Å². The summed E-state index contributed by atoms with van der Waals surface area (Å²) in [5.41, 5.74) is 1.74. The fourth-order valence-corrected chi connectivity index (χ4v) is 3.29. The molecule has 1 aliphatic heterocycles. The van der Waals surface area contributed by atoms with Gasteiger partial charge in [-0.2, -0.15) is 0 Å². The summed E-state index contributed by atoms with van der Waals surface area (Å²) in [6.45, 7) is 4.35. The van der Waals surface area contributed by atoms with E-state index in [1.165, 1.54) is 0 Å². The van der Waals surface area contributed by atoms with Crippen LogP contribution in [0.1, 0.15) is 37.3 Å². The molecule has 0 saturated carbocycles. The predicted molar refractivity (Wildman–Crippen MR) is 98.4 cm³/mol. The van der Waals surface area contributed by atoms with Crippen LogP contribution >= 0.6 is 11.6 Å². The van der Waals surface area contributed by atoms with Crippen molar-refractivity contribution in [2.75, 3.05) is 13.1 Å². The number of nitrogens with one attached hydrogen (secondary N) is 2. The molecule has 1 aromatic carbocycles. The van der Waals surface area contributed by atoms with Gasteiger partial charge in [-0.3, -0.25) is 4.79 Å². The van der Waals surface area contributed by atoms with Crippen molar-refractivity contribution in [3.63, 3.8) is 0 Å². The van der Waals surface area contributed by atoms with Crippen LogP contribution < -0.4 is 10.6 Å². The molecule has 0 aliphatic carbocycles. The molecule has 0 unspecified atom stereocenters. The topological polar surface area (TPSA) is 67.2 Å². The van der Waals surface area contributed by atoms with E-state index in [0.717, 1.165) is 49.4 Å². The first kappa shape index (κ1) is 18.0. The van der Waals surface area contributed by atoms with Crippen molar-refractivity contribution in [3.05, 3.63) is 40.9 Å². The van der Waals surface area contributed by atoms with Crippen molar-refractivity contribution in [1.82, 2.24) is 15.6 Å². The van der Waals surface area contributed by atoms with Crippen molar-refractivity contribution < 1.29 is 9.21 Å². The van der Waals surface area contributed by atoms with Gasteiger partial charge in [-0.25, -0.2) is 4.98 Å². The van der Waals surface area contributed by atoms with E-state index in [4.69, 9.17) is 16.0 Å². The zero-order valence-corrected chi connectivity index (χ0v) is 15.2. The van der Waals surface area contributed by atoms with E-state index in [-0.39, 0.29) is 5.91 Å². The molecule has 0 atom stereocenters. The van der Waals surface area contributed by atoms with Crippen molar-refractivity contribution in [3.8, 4) is 11.3 Å². The maximum absolute atomic E-state index is 12.0. The second-order valence-corrected chi connectivity index (χ2v) is 6.97. The van der Waals surface area contributed by atoms with Crippen LogP contribution in [-0.4, -0.2) is 24.0 Å². The van der Waals surface area contributed by atoms with E-state index in [1.54, 1.807) is 0 Å². The van der Waals surface area contributed by atoms with Crippen LogP contribution in [0.3, 0.4) is 0 Å². The molecular formula is C19H24ClN3O2. The average molecular weight is 362 g/mol. The molecule has 5 nitrogen and oxygen atoms in total. The fourth-order valence-electron chi connectivity index (χ4n) is 3.17. The minimum Gasteiger partial charge on any atom is -0.438 e. The van der Waals surface area contributed by atoms with Crippen LogP contribution in [-0.2, 0) is 11.3 Å². The smallest absolute Gasteiger partial charge is 0.220 e. The van der Waals surface area contributed by atoms with Gasteiger partial charge in [0.15, 0.2) is 5.76 Å². The Morgan fingerprint density at radius 2 is 2.04 bits per heavy atom. The van der Waals surface area contributed by atoms with Gasteiger partial charge in [-0.1, -0.05) is 11.6 Å². The number of aryl methyl sites for hydroxylation is 1. The first-order valence-corrected chi connectivity index (χ1v) is 9.19. The zero-order chi connectivity index (χ0) is 17.6. The Kier molecular flexibility index (Phi) is 6.10. The third-order valence-electron chi connectivity index (χ3n) is 4.62. The third-order valence-corrected chi connectivity index (χ3v) is 4.87. The molecule has 3 rings (SSSR count). The highest BCUT2D eigenvalue weighted by atomic mass is 35.5. The minimum atomic E-state index is 0.0578. The summed E-state index contributed by atoms with van der Waals surface area (Å²) < 4.78 is 5.81. The lowest BCUT2D eigenvalue weighted by molar-refractivity contribution is -0.121. The second kappa shape index (κ2) is 8.50. The molecule has 0 spiro atoms. The van der Waals surface area contributed by atoms with Gasteiger partial charge in [0.25, 0.3) is 0 Å². The lowest BCUT2D eigenvalue weighted by Gasteiger charge is -2.22. The number of hydrogen-bond donors (Lipinski definition) is 2. The van der Waals surface area contributed by atoms with Crippen molar-refractivity contribution in [1.29, 1.82) is 0 Å². The Hall–Kier alpha value is -1.85. The van der Waals surface area contributed by atoms with Gasteiger partial charge >= 0.3 is 0 Å². The highest BCUT2D eigenvalue weighted by Crippen LogP contribution is 2.26. The molecule has 2 heterocycles. The summed E-state index contributed by atoms with van der Waals surface area (Å²) in [4.78, 5) is 16.5. The number of amides is 1. The summed E-state index contributed by atoms with van der Waals surface area (Å²) in [6, 6.07) is 7.44.